The van der Waals surface area contributed by atoms with Crippen molar-refractivity contribution in [3.8, 4) is 17.2 Å². The molecule has 2 aromatic carbocycles. The van der Waals surface area contributed by atoms with E-state index in [1.54, 1.807) is 33.5 Å². The van der Waals surface area contributed by atoms with Crippen molar-refractivity contribution in [2.75, 3.05) is 26.6 Å². The molecule has 0 aliphatic heterocycles. The van der Waals surface area contributed by atoms with Crippen molar-refractivity contribution in [2.24, 2.45) is 0 Å². The number of nitrogens with one attached hydrogen (secondary N) is 1. The first-order valence-electron chi connectivity index (χ1n) is 8.83. The molecule has 1 aromatic heterocycles. The van der Waals surface area contributed by atoms with E-state index < -0.39 is 0 Å². The number of thiazole rings is 1. The predicted octanol–water partition coefficient (Wildman–Crippen LogP) is 4.20. The fraction of sp³-hybridized carbons (Fsp3) is 0.238. The molecule has 0 saturated carbocycles. The minimum atomic E-state index is -0.338. The number of hydrogen-bond acceptors (Lipinski definition) is 8. The van der Waals surface area contributed by atoms with E-state index in [-0.39, 0.29) is 19.0 Å². The lowest BCUT2D eigenvalue weighted by Gasteiger charge is -2.09. The number of anilines is 2. The second-order valence-corrected chi connectivity index (χ2v) is 6.88. The fourth-order valence-corrected chi connectivity index (χ4v) is 3.31. The molecule has 0 radical (unpaired) electrons. The number of esters is 1. The number of benzene rings is 2. The molecule has 0 bridgehead atoms. The summed E-state index contributed by atoms with van der Waals surface area (Å²) in [5, 5.41) is 5.79. The van der Waals surface area contributed by atoms with E-state index in [0.717, 1.165) is 22.1 Å². The Kier molecular flexibility index (Phi) is 6.91. The molecule has 0 fully saturated rings. The summed E-state index contributed by atoms with van der Waals surface area (Å²) in [6, 6.07) is 12.9. The van der Waals surface area contributed by atoms with Crippen LogP contribution in [0.4, 0.5) is 10.8 Å². The summed E-state index contributed by atoms with van der Waals surface area (Å²) < 4.78 is 20.9. The lowest BCUT2D eigenvalue weighted by molar-refractivity contribution is -0.144. The molecule has 8 heteroatoms. The van der Waals surface area contributed by atoms with Gasteiger partial charge in [0, 0.05) is 11.1 Å². The van der Waals surface area contributed by atoms with Gasteiger partial charge in [-0.15, -0.1) is 11.3 Å². The molecule has 3 aromatic rings. The highest BCUT2D eigenvalue weighted by molar-refractivity contribution is 7.13. The first-order chi connectivity index (χ1) is 14.1. The third-order valence-electron chi connectivity index (χ3n) is 4.07. The summed E-state index contributed by atoms with van der Waals surface area (Å²) in [6.07, 6.45) is 0.140. The van der Waals surface area contributed by atoms with Crippen LogP contribution in [0.3, 0.4) is 0 Å². The molecular formula is C21H22N2O5S. The molecule has 0 unspecified atom stereocenters. The summed E-state index contributed by atoms with van der Waals surface area (Å²) >= 11 is 1.44. The van der Waals surface area contributed by atoms with E-state index in [0.29, 0.717) is 17.2 Å². The van der Waals surface area contributed by atoms with Crippen LogP contribution >= 0.6 is 11.3 Å². The Morgan fingerprint density at radius 3 is 2.45 bits per heavy atom. The molecule has 0 aliphatic rings. The standard InChI is InChI=1S/C21H22N2O5S/c1-25-17-7-5-15(6-8-17)22-21-23-16(13-29-21)12-28-20(24)11-14-4-9-18(26-2)19(10-14)27-3/h4-10,13H,11-12H2,1-3H3,(H,22,23). The molecule has 152 valence electrons. The Bertz CT molecular complexity index is 956. The maximum Gasteiger partial charge on any atom is 0.310 e. The quantitative estimate of drug-likeness (QED) is 0.526. The summed E-state index contributed by atoms with van der Waals surface area (Å²) in [6.45, 7) is 0.118. The van der Waals surface area contributed by atoms with Crippen LogP contribution in [0.5, 0.6) is 17.2 Å². The van der Waals surface area contributed by atoms with Crippen LogP contribution in [-0.4, -0.2) is 32.3 Å². The number of hydrogen-bond donors (Lipinski definition) is 1. The van der Waals surface area contributed by atoms with Gasteiger partial charge in [0.05, 0.1) is 33.4 Å². The molecule has 3 rings (SSSR count). The normalized spacial score (nSPS) is 10.3. The highest BCUT2D eigenvalue weighted by Gasteiger charge is 2.11. The predicted molar refractivity (Wildman–Crippen MR) is 111 cm³/mol. The maximum absolute atomic E-state index is 12.2. The lowest BCUT2D eigenvalue weighted by atomic mass is 10.1. The first kappa shape index (κ1) is 20.5. The SMILES string of the molecule is COc1ccc(Nc2nc(COC(=O)Cc3ccc(OC)c(OC)c3)cs2)cc1. The van der Waals surface area contributed by atoms with E-state index >= 15 is 0 Å². The largest absolute Gasteiger partial charge is 0.497 e. The van der Waals surface area contributed by atoms with Crippen molar-refractivity contribution in [2.45, 2.75) is 13.0 Å². The van der Waals surface area contributed by atoms with Crippen LogP contribution in [0.15, 0.2) is 47.8 Å². The molecule has 0 amide bonds. The molecule has 7 nitrogen and oxygen atoms in total. The van der Waals surface area contributed by atoms with Gasteiger partial charge in [-0.25, -0.2) is 4.98 Å². The number of nitrogens with zero attached hydrogens (tertiary/aromatic N) is 1. The highest BCUT2D eigenvalue weighted by atomic mass is 32.1. The van der Waals surface area contributed by atoms with Crippen LogP contribution < -0.4 is 19.5 Å². The van der Waals surface area contributed by atoms with Gasteiger partial charge in [0.2, 0.25) is 0 Å². The first-order valence-corrected chi connectivity index (χ1v) is 9.71. The molecule has 0 aliphatic carbocycles. The Balaban J connectivity index is 1.51. The summed E-state index contributed by atoms with van der Waals surface area (Å²) in [7, 11) is 4.75. The number of rotatable bonds is 9. The van der Waals surface area contributed by atoms with E-state index in [1.807, 2.05) is 35.7 Å². The van der Waals surface area contributed by atoms with Crippen molar-refractivity contribution in [3.05, 3.63) is 59.1 Å². The minimum absolute atomic E-state index is 0.118. The monoisotopic (exact) mass is 414 g/mol. The Hall–Kier alpha value is -3.26. The van der Waals surface area contributed by atoms with E-state index in [9.17, 15) is 4.79 Å². The summed E-state index contributed by atoms with van der Waals surface area (Å²) in [4.78, 5) is 16.6. The smallest absolute Gasteiger partial charge is 0.310 e. The molecular weight excluding hydrogens is 392 g/mol. The van der Waals surface area contributed by atoms with Crippen molar-refractivity contribution >= 4 is 28.1 Å². The molecule has 0 atom stereocenters. The van der Waals surface area contributed by atoms with E-state index in [1.165, 1.54) is 11.3 Å². The third-order valence-corrected chi connectivity index (χ3v) is 4.88. The second-order valence-electron chi connectivity index (χ2n) is 6.02. The van der Waals surface area contributed by atoms with Gasteiger partial charge in [0.1, 0.15) is 12.4 Å². The molecule has 0 saturated heterocycles. The summed E-state index contributed by atoms with van der Waals surface area (Å²) in [5.41, 5.74) is 2.37. The molecule has 29 heavy (non-hydrogen) atoms. The van der Waals surface area contributed by atoms with Crippen LogP contribution in [-0.2, 0) is 22.6 Å². The average molecular weight is 414 g/mol. The Morgan fingerprint density at radius 2 is 1.76 bits per heavy atom. The van der Waals surface area contributed by atoms with Crippen LogP contribution in [0.25, 0.3) is 0 Å². The van der Waals surface area contributed by atoms with Crippen molar-refractivity contribution in [1.29, 1.82) is 0 Å². The van der Waals surface area contributed by atoms with Crippen molar-refractivity contribution < 1.29 is 23.7 Å². The molecule has 1 N–H and O–H groups in total. The Labute approximate surface area is 173 Å². The minimum Gasteiger partial charge on any atom is -0.497 e. The van der Waals surface area contributed by atoms with Gasteiger partial charge in [-0.1, -0.05) is 6.07 Å². The third kappa shape index (κ3) is 5.61. The van der Waals surface area contributed by atoms with Crippen molar-refractivity contribution in [1.82, 2.24) is 4.98 Å². The van der Waals surface area contributed by atoms with Gasteiger partial charge in [-0.2, -0.15) is 0 Å². The zero-order chi connectivity index (χ0) is 20.6. The molecule has 0 spiro atoms. The number of carbonyl (C=O) groups excluding carboxylic acids is 1. The number of carbonyl (C=O) groups is 1. The topological polar surface area (TPSA) is 78.9 Å². The lowest BCUT2D eigenvalue weighted by Crippen LogP contribution is -2.08. The average Bonchev–Trinajstić information content (AvgIpc) is 3.20. The number of ether oxygens (including phenoxy) is 4. The van der Waals surface area contributed by atoms with Gasteiger partial charge < -0.3 is 24.3 Å². The summed E-state index contributed by atoms with van der Waals surface area (Å²) in [5.74, 6) is 1.64. The van der Waals surface area contributed by atoms with Crippen LogP contribution in [0.1, 0.15) is 11.3 Å². The van der Waals surface area contributed by atoms with Crippen molar-refractivity contribution in [3.63, 3.8) is 0 Å². The van der Waals surface area contributed by atoms with Gasteiger partial charge in [-0.3, -0.25) is 4.79 Å². The highest BCUT2D eigenvalue weighted by Crippen LogP contribution is 2.28. The zero-order valence-electron chi connectivity index (χ0n) is 16.4. The van der Waals surface area contributed by atoms with Gasteiger partial charge in [0.15, 0.2) is 16.6 Å². The van der Waals surface area contributed by atoms with E-state index in [2.05, 4.69) is 10.3 Å². The van der Waals surface area contributed by atoms with E-state index in [4.69, 9.17) is 18.9 Å². The van der Waals surface area contributed by atoms with Gasteiger partial charge >= 0.3 is 5.97 Å². The maximum atomic E-state index is 12.2. The second kappa shape index (κ2) is 9.79. The molecule has 1 heterocycles. The Morgan fingerprint density at radius 1 is 1.00 bits per heavy atom. The number of methoxy groups -OCH3 is 3. The van der Waals surface area contributed by atoms with Crippen LogP contribution in [0.2, 0.25) is 0 Å². The van der Waals surface area contributed by atoms with Gasteiger partial charge in [0.25, 0.3) is 0 Å². The number of aromatic nitrogens is 1. The fourth-order valence-electron chi connectivity index (χ4n) is 2.59. The zero-order valence-corrected chi connectivity index (χ0v) is 17.2. The van der Waals surface area contributed by atoms with Gasteiger partial charge in [-0.05, 0) is 42.0 Å². The van der Waals surface area contributed by atoms with Crippen LogP contribution in [0, 0.1) is 0 Å².